The van der Waals surface area contributed by atoms with E-state index in [1.807, 2.05) is 6.92 Å². The molecule has 0 saturated carbocycles. The van der Waals surface area contributed by atoms with Crippen molar-refractivity contribution in [2.75, 3.05) is 6.61 Å². The summed E-state index contributed by atoms with van der Waals surface area (Å²) in [5, 5.41) is 0. The first-order chi connectivity index (χ1) is 8.07. The Kier molecular flexibility index (Phi) is 5.35. The third kappa shape index (κ3) is 3.66. The van der Waals surface area contributed by atoms with Gasteiger partial charge in [-0.15, -0.1) is 0 Å². The first-order valence-corrected chi connectivity index (χ1v) is 6.11. The summed E-state index contributed by atoms with van der Waals surface area (Å²) in [5.74, 6) is -0.685. The van der Waals surface area contributed by atoms with Crippen molar-refractivity contribution < 1.29 is 13.9 Å². The molecule has 1 aromatic carbocycles. The van der Waals surface area contributed by atoms with Gasteiger partial charge in [-0.1, -0.05) is 47.6 Å². The maximum atomic E-state index is 14.0. The van der Waals surface area contributed by atoms with E-state index in [1.165, 1.54) is 0 Å². The SMILES string of the molecule is C=C(C(=O)OCCC)C(F)c1ccccc1Br. The zero-order chi connectivity index (χ0) is 12.8. The maximum Gasteiger partial charge on any atom is 0.336 e. The summed E-state index contributed by atoms with van der Waals surface area (Å²) in [6.45, 7) is 5.60. The predicted molar refractivity (Wildman–Crippen MR) is 68.4 cm³/mol. The molecule has 92 valence electrons. The van der Waals surface area contributed by atoms with Gasteiger partial charge >= 0.3 is 5.97 Å². The Morgan fingerprint density at radius 3 is 2.76 bits per heavy atom. The quantitative estimate of drug-likeness (QED) is 0.607. The fraction of sp³-hybridized carbons (Fsp3) is 0.308. The Balaban J connectivity index is 2.76. The van der Waals surface area contributed by atoms with Gasteiger partial charge in [-0.3, -0.25) is 0 Å². The van der Waals surface area contributed by atoms with Gasteiger partial charge in [-0.05, 0) is 12.5 Å². The van der Waals surface area contributed by atoms with E-state index in [0.29, 0.717) is 16.5 Å². The lowest BCUT2D eigenvalue weighted by Crippen LogP contribution is -2.12. The molecule has 4 heteroatoms. The number of esters is 1. The summed E-state index contributed by atoms with van der Waals surface area (Å²) in [4.78, 5) is 11.5. The fourth-order valence-corrected chi connectivity index (χ4v) is 1.75. The number of ether oxygens (including phenoxy) is 1. The highest BCUT2D eigenvalue weighted by Crippen LogP contribution is 2.31. The number of rotatable bonds is 5. The van der Waals surface area contributed by atoms with Crippen molar-refractivity contribution in [3.8, 4) is 0 Å². The largest absolute Gasteiger partial charge is 0.462 e. The summed E-state index contributed by atoms with van der Waals surface area (Å²) in [6.07, 6.45) is -0.847. The molecule has 0 spiro atoms. The monoisotopic (exact) mass is 300 g/mol. The molecule has 0 N–H and O–H groups in total. The Hall–Kier alpha value is -1.16. The Morgan fingerprint density at radius 2 is 2.18 bits per heavy atom. The second-order valence-electron chi connectivity index (χ2n) is 3.55. The fourth-order valence-electron chi connectivity index (χ4n) is 1.26. The van der Waals surface area contributed by atoms with Gasteiger partial charge in [0.25, 0.3) is 0 Å². The summed E-state index contributed by atoms with van der Waals surface area (Å²) in [5.41, 5.74) is 0.205. The van der Waals surface area contributed by atoms with E-state index in [1.54, 1.807) is 24.3 Å². The number of alkyl halides is 1. The molecule has 0 bridgehead atoms. The molecule has 1 aromatic rings. The van der Waals surface area contributed by atoms with Gasteiger partial charge < -0.3 is 4.74 Å². The lowest BCUT2D eigenvalue weighted by molar-refractivity contribution is -0.139. The molecular formula is C13H14BrFO2. The van der Waals surface area contributed by atoms with Crippen molar-refractivity contribution >= 4 is 21.9 Å². The van der Waals surface area contributed by atoms with E-state index in [4.69, 9.17) is 4.74 Å². The molecule has 0 fully saturated rings. The number of carbonyl (C=O) groups is 1. The van der Waals surface area contributed by atoms with Gasteiger partial charge in [0.1, 0.15) is 0 Å². The number of carbonyl (C=O) groups excluding carboxylic acids is 1. The van der Waals surface area contributed by atoms with E-state index in [2.05, 4.69) is 22.5 Å². The van der Waals surface area contributed by atoms with E-state index in [-0.39, 0.29) is 12.2 Å². The van der Waals surface area contributed by atoms with E-state index in [9.17, 15) is 9.18 Å². The average Bonchev–Trinajstić information content (AvgIpc) is 2.34. The molecule has 0 saturated heterocycles. The Bertz CT molecular complexity index is 418. The average molecular weight is 301 g/mol. The van der Waals surface area contributed by atoms with E-state index < -0.39 is 12.1 Å². The molecule has 17 heavy (non-hydrogen) atoms. The van der Waals surface area contributed by atoms with Gasteiger partial charge in [0.2, 0.25) is 0 Å². The van der Waals surface area contributed by atoms with Crippen LogP contribution in [0.1, 0.15) is 25.1 Å². The van der Waals surface area contributed by atoms with Gasteiger partial charge in [0, 0.05) is 10.0 Å². The lowest BCUT2D eigenvalue weighted by Gasteiger charge is -2.12. The number of halogens is 2. The zero-order valence-corrected chi connectivity index (χ0v) is 11.2. The van der Waals surface area contributed by atoms with Crippen LogP contribution in [0.15, 0.2) is 40.9 Å². The van der Waals surface area contributed by atoms with Crippen LogP contribution in [0, 0.1) is 0 Å². The minimum absolute atomic E-state index is 0.176. The topological polar surface area (TPSA) is 26.3 Å². The molecule has 1 unspecified atom stereocenters. The van der Waals surface area contributed by atoms with Crippen molar-refractivity contribution in [1.29, 1.82) is 0 Å². The second-order valence-corrected chi connectivity index (χ2v) is 4.40. The number of benzene rings is 1. The summed E-state index contributed by atoms with van der Waals surface area (Å²) in [7, 11) is 0. The van der Waals surface area contributed by atoms with Gasteiger partial charge in [0.15, 0.2) is 6.17 Å². The number of hydrogen-bond acceptors (Lipinski definition) is 2. The maximum absolute atomic E-state index is 14.0. The molecule has 0 aliphatic carbocycles. The third-order valence-corrected chi connectivity index (χ3v) is 2.91. The smallest absolute Gasteiger partial charge is 0.336 e. The van der Waals surface area contributed by atoms with Crippen molar-refractivity contribution in [2.24, 2.45) is 0 Å². The molecule has 0 radical (unpaired) electrons. The summed E-state index contributed by atoms with van der Waals surface area (Å²) >= 11 is 3.23. The minimum Gasteiger partial charge on any atom is -0.462 e. The molecular weight excluding hydrogens is 287 g/mol. The van der Waals surface area contributed by atoms with E-state index >= 15 is 0 Å². The molecule has 0 amide bonds. The van der Waals surface area contributed by atoms with Crippen LogP contribution in [0.4, 0.5) is 4.39 Å². The van der Waals surface area contributed by atoms with Crippen LogP contribution in [0.3, 0.4) is 0 Å². The first-order valence-electron chi connectivity index (χ1n) is 5.32. The van der Waals surface area contributed by atoms with Crippen LogP contribution in [0.5, 0.6) is 0 Å². The van der Waals surface area contributed by atoms with Gasteiger partial charge in [-0.25, -0.2) is 9.18 Å². The first kappa shape index (κ1) is 13.9. The van der Waals surface area contributed by atoms with E-state index in [0.717, 1.165) is 0 Å². The Labute approximate surface area is 109 Å². The van der Waals surface area contributed by atoms with Crippen LogP contribution in [-0.2, 0) is 9.53 Å². The second kappa shape index (κ2) is 6.55. The third-order valence-electron chi connectivity index (χ3n) is 2.18. The Morgan fingerprint density at radius 1 is 1.53 bits per heavy atom. The number of hydrogen-bond donors (Lipinski definition) is 0. The van der Waals surface area contributed by atoms with Crippen LogP contribution >= 0.6 is 15.9 Å². The van der Waals surface area contributed by atoms with Crippen molar-refractivity contribution in [3.63, 3.8) is 0 Å². The lowest BCUT2D eigenvalue weighted by atomic mass is 10.0. The molecule has 0 aliphatic rings. The van der Waals surface area contributed by atoms with Crippen LogP contribution in [-0.4, -0.2) is 12.6 Å². The molecule has 0 heterocycles. The predicted octanol–water partition coefficient (Wildman–Crippen LogP) is 3.97. The molecule has 0 aromatic heterocycles. The normalized spacial score (nSPS) is 11.9. The zero-order valence-electron chi connectivity index (χ0n) is 9.58. The van der Waals surface area contributed by atoms with Crippen molar-refractivity contribution in [3.05, 3.63) is 46.5 Å². The summed E-state index contributed by atoms with van der Waals surface area (Å²) in [6, 6.07) is 6.80. The van der Waals surface area contributed by atoms with Crippen molar-refractivity contribution in [2.45, 2.75) is 19.5 Å². The van der Waals surface area contributed by atoms with Crippen LogP contribution in [0.25, 0.3) is 0 Å². The molecule has 1 atom stereocenters. The molecule has 0 aliphatic heterocycles. The van der Waals surface area contributed by atoms with Crippen LogP contribution in [0.2, 0.25) is 0 Å². The van der Waals surface area contributed by atoms with Crippen molar-refractivity contribution in [1.82, 2.24) is 0 Å². The molecule has 2 nitrogen and oxygen atoms in total. The summed E-state index contributed by atoms with van der Waals surface area (Å²) < 4.78 is 19.5. The molecule has 1 rings (SSSR count). The standard InChI is InChI=1S/C13H14BrFO2/c1-3-8-17-13(16)9(2)12(15)10-6-4-5-7-11(10)14/h4-7,12H,2-3,8H2,1H3. The van der Waals surface area contributed by atoms with Crippen LogP contribution < -0.4 is 0 Å². The highest BCUT2D eigenvalue weighted by molar-refractivity contribution is 9.10. The van der Waals surface area contributed by atoms with Gasteiger partial charge in [-0.2, -0.15) is 0 Å². The highest BCUT2D eigenvalue weighted by atomic mass is 79.9. The highest BCUT2D eigenvalue weighted by Gasteiger charge is 2.22. The minimum atomic E-state index is -1.55. The van der Waals surface area contributed by atoms with Gasteiger partial charge in [0.05, 0.1) is 12.2 Å².